The fraction of sp³-hybridized carbons (Fsp3) is 0.438. The van der Waals surface area contributed by atoms with Crippen molar-refractivity contribution in [2.45, 2.75) is 26.8 Å². The van der Waals surface area contributed by atoms with Crippen LogP contribution in [0.5, 0.6) is 11.5 Å². The van der Waals surface area contributed by atoms with E-state index < -0.39 is 0 Å². The molecule has 1 aromatic heterocycles. The van der Waals surface area contributed by atoms with E-state index in [0.29, 0.717) is 18.2 Å². The summed E-state index contributed by atoms with van der Waals surface area (Å²) in [4.78, 5) is 5.93. The molecule has 0 unspecified atom stereocenters. The van der Waals surface area contributed by atoms with Crippen LogP contribution < -0.4 is 15.2 Å². The van der Waals surface area contributed by atoms with Gasteiger partial charge >= 0.3 is 0 Å². The highest BCUT2D eigenvalue weighted by Gasteiger charge is 2.14. The maximum Gasteiger partial charge on any atom is 0.161 e. The van der Waals surface area contributed by atoms with Crippen LogP contribution in [0.1, 0.15) is 24.4 Å². The first kappa shape index (κ1) is 15.8. The molecule has 0 spiro atoms. The molecule has 2 aromatic rings. The van der Waals surface area contributed by atoms with E-state index in [9.17, 15) is 0 Å². The van der Waals surface area contributed by atoms with E-state index in [1.54, 1.807) is 25.6 Å². The van der Waals surface area contributed by atoms with E-state index in [-0.39, 0.29) is 0 Å². The van der Waals surface area contributed by atoms with Gasteiger partial charge in [-0.1, -0.05) is 13.8 Å². The maximum absolute atomic E-state index is 5.85. The third-order valence-corrected chi connectivity index (χ3v) is 4.36. The third-order valence-electron chi connectivity index (χ3n) is 3.20. The number of aromatic nitrogens is 1. The van der Waals surface area contributed by atoms with Crippen molar-refractivity contribution in [3.8, 4) is 22.1 Å². The number of hydrogen-bond donors (Lipinski definition) is 1. The lowest BCUT2D eigenvalue weighted by Crippen LogP contribution is -2.01. The SMILES string of the molecule is COc1ccc(-c2nc(CC(C)C)c(CN)s2)cc1OC. The van der Waals surface area contributed by atoms with Crippen molar-refractivity contribution in [2.75, 3.05) is 14.2 Å². The molecule has 2 N–H and O–H groups in total. The lowest BCUT2D eigenvalue weighted by atomic mass is 10.1. The summed E-state index contributed by atoms with van der Waals surface area (Å²) in [6, 6.07) is 5.86. The Kier molecular flexibility index (Phi) is 5.20. The molecule has 21 heavy (non-hydrogen) atoms. The van der Waals surface area contributed by atoms with Gasteiger partial charge in [0, 0.05) is 17.0 Å². The van der Waals surface area contributed by atoms with Gasteiger partial charge in [-0.25, -0.2) is 4.98 Å². The summed E-state index contributed by atoms with van der Waals surface area (Å²) in [7, 11) is 3.27. The highest BCUT2D eigenvalue weighted by molar-refractivity contribution is 7.15. The Bertz CT molecular complexity index is 608. The van der Waals surface area contributed by atoms with Gasteiger partial charge in [-0.05, 0) is 30.5 Å². The second-order valence-corrected chi connectivity index (χ2v) is 6.34. The van der Waals surface area contributed by atoms with Crippen LogP contribution in [-0.2, 0) is 13.0 Å². The zero-order chi connectivity index (χ0) is 15.4. The molecule has 5 heteroatoms. The topological polar surface area (TPSA) is 57.4 Å². The molecule has 4 nitrogen and oxygen atoms in total. The average Bonchev–Trinajstić information content (AvgIpc) is 2.88. The van der Waals surface area contributed by atoms with Crippen molar-refractivity contribution in [3.05, 3.63) is 28.8 Å². The standard InChI is InChI=1S/C16H22N2O2S/c1-10(2)7-12-15(9-17)21-16(18-12)11-5-6-13(19-3)14(8-11)20-4/h5-6,8,10H,7,9,17H2,1-4H3. The molecular formula is C16H22N2O2S. The van der Waals surface area contributed by atoms with E-state index in [1.807, 2.05) is 18.2 Å². The Morgan fingerprint density at radius 1 is 1.19 bits per heavy atom. The summed E-state index contributed by atoms with van der Waals surface area (Å²) in [5.74, 6) is 2.00. The van der Waals surface area contributed by atoms with Crippen LogP contribution in [0.25, 0.3) is 10.6 Å². The largest absolute Gasteiger partial charge is 0.493 e. The molecular weight excluding hydrogens is 284 g/mol. The van der Waals surface area contributed by atoms with E-state index in [0.717, 1.165) is 33.3 Å². The number of hydrogen-bond acceptors (Lipinski definition) is 5. The fourth-order valence-corrected chi connectivity index (χ4v) is 3.15. The lowest BCUT2D eigenvalue weighted by molar-refractivity contribution is 0.355. The highest BCUT2D eigenvalue weighted by Crippen LogP contribution is 2.35. The normalized spacial score (nSPS) is 11.0. The Morgan fingerprint density at radius 3 is 2.48 bits per heavy atom. The Hall–Kier alpha value is -1.59. The molecule has 0 saturated heterocycles. The summed E-state index contributed by atoms with van der Waals surface area (Å²) in [5, 5.41) is 0.979. The second-order valence-electron chi connectivity index (χ2n) is 5.26. The van der Waals surface area contributed by atoms with E-state index in [2.05, 4.69) is 13.8 Å². The summed E-state index contributed by atoms with van der Waals surface area (Å²) in [5.41, 5.74) is 7.99. The van der Waals surface area contributed by atoms with Gasteiger partial charge in [-0.3, -0.25) is 0 Å². The van der Waals surface area contributed by atoms with Gasteiger partial charge in [-0.2, -0.15) is 0 Å². The van der Waals surface area contributed by atoms with Crippen molar-refractivity contribution in [3.63, 3.8) is 0 Å². The number of rotatable bonds is 6. The first-order valence-electron chi connectivity index (χ1n) is 7.00. The monoisotopic (exact) mass is 306 g/mol. The van der Waals surface area contributed by atoms with Crippen LogP contribution in [0.3, 0.4) is 0 Å². The summed E-state index contributed by atoms with van der Waals surface area (Å²) >= 11 is 1.65. The molecule has 0 aliphatic rings. The van der Waals surface area contributed by atoms with Crippen molar-refractivity contribution in [1.29, 1.82) is 0 Å². The summed E-state index contributed by atoms with van der Waals surface area (Å²) < 4.78 is 10.6. The van der Waals surface area contributed by atoms with E-state index in [4.69, 9.17) is 20.2 Å². The lowest BCUT2D eigenvalue weighted by Gasteiger charge is -2.08. The van der Waals surface area contributed by atoms with Crippen LogP contribution in [0.15, 0.2) is 18.2 Å². The predicted octanol–water partition coefficient (Wildman–Crippen LogP) is 3.48. The minimum atomic E-state index is 0.535. The molecule has 0 saturated carbocycles. The first-order valence-corrected chi connectivity index (χ1v) is 7.81. The van der Waals surface area contributed by atoms with E-state index in [1.165, 1.54) is 0 Å². The van der Waals surface area contributed by atoms with Gasteiger partial charge in [-0.15, -0.1) is 11.3 Å². The van der Waals surface area contributed by atoms with Crippen molar-refractivity contribution >= 4 is 11.3 Å². The Morgan fingerprint density at radius 2 is 1.90 bits per heavy atom. The number of nitrogens with zero attached hydrogens (tertiary/aromatic N) is 1. The highest BCUT2D eigenvalue weighted by atomic mass is 32.1. The minimum absolute atomic E-state index is 0.535. The summed E-state index contributed by atoms with van der Waals surface area (Å²) in [6.45, 7) is 4.92. The van der Waals surface area contributed by atoms with Crippen molar-refractivity contribution in [2.24, 2.45) is 11.7 Å². The molecule has 0 bridgehead atoms. The zero-order valence-electron chi connectivity index (χ0n) is 13.0. The van der Waals surface area contributed by atoms with Gasteiger partial charge < -0.3 is 15.2 Å². The van der Waals surface area contributed by atoms with Gasteiger partial charge in [0.05, 0.1) is 19.9 Å². The molecule has 0 aliphatic carbocycles. The number of ether oxygens (including phenoxy) is 2. The molecule has 0 atom stereocenters. The molecule has 1 aromatic carbocycles. The molecule has 114 valence electrons. The van der Waals surface area contributed by atoms with Gasteiger partial charge in [0.1, 0.15) is 5.01 Å². The molecule has 2 rings (SSSR count). The van der Waals surface area contributed by atoms with Gasteiger partial charge in [0.25, 0.3) is 0 Å². The van der Waals surface area contributed by atoms with Crippen LogP contribution in [-0.4, -0.2) is 19.2 Å². The second kappa shape index (κ2) is 6.91. The number of thiazole rings is 1. The summed E-state index contributed by atoms with van der Waals surface area (Å²) in [6.07, 6.45) is 0.955. The fourth-order valence-electron chi connectivity index (χ4n) is 2.18. The zero-order valence-corrected chi connectivity index (χ0v) is 13.8. The third kappa shape index (κ3) is 3.54. The number of nitrogens with two attached hydrogens (primary N) is 1. The predicted molar refractivity (Wildman–Crippen MR) is 87.1 cm³/mol. The van der Waals surface area contributed by atoms with Gasteiger partial charge in [0.15, 0.2) is 11.5 Å². The molecule has 0 amide bonds. The molecule has 0 fully saturated rings. The Labute approximate surface area is 129 Å². The van der Waals surface area contributed by atoms with Gasteiger partial charge in [0.2, 0.25) is 0 Å². The molecule has 0 radical (unpaired) electrons. The number of benzene rings is 1. The van der Waals surface area contributed by atoms with Crippen LogP contribution in [0.2, 0.25) is 0 Å². The van der Waals surface area contributed by atoms with Crippen LogP contribution in [0.4, 0.5) is 0 Å². The van der Waals surface area contributed by atoms with E-state index >= 15 is 0 Å². The maximum atomic E-state index is 5.85. The van der Waals surface area contributed by atoms with Crippen LogP contribution >= 0.6 is 11.3 Å². The minimum Gasteiger partial charge on any atom is -0.493 e. The smallest absolute Gasteiger partial charge is 0.161 e. The quantitative estimate of drug-likeness (QED) is 0.887. The van der Waals surface area contributed by atoms with Crippen molar-refractivity contribution < 1.29 is 9.47 Å². The molecule has 0 aliphatic heterocycles. The number of methoxy groups -OCH3 is 2. The van der Waals surface area contributed by atoms with Crippen molar-refractivity contribution in [1.82, 2.24) is 4.98 Å². The molecule has 1 heterocycles. The first-order chi connectivity index (χ1) is 10.1. The average molecular weight is 306 g/mol. The van der Waals surface area contributed by atoms with Crippen LogP contribution in [0, 0.1) is 5.92 Å². The Balaban J connectivity index is 2.39.